The van der Waals surface area contributed by atoms with Crippen LogP contribution < -0.4 is 4.74 Å². The molecule has 0 bridgehead atoms. The molecule has 0 amide bonds. The van der Waals surface area contributed by atoms with Crippen molar-refractivity contribution >= 4 is 11.6 Å². The maximum absolute atomic E-state index is 6.10. The van der Waals surface area contributed by atoms with Gasteiger partial charge in [0.15, 0.2) is 0 Å². The van der Waals surface area contributed by atoms with E-state index in [1.165, 1.54) is 19.5 Å². The minimum atomic E-state index is 0.578. The van der Waals surface area contributed by atoms with Crippen molar-refractivity contribution in [1.29, 1.82) is 0 Å². The Morgan fingerprint density at radius 2 is 1.74 bits per heavy atom. The fraction of sp³-hybridized carbons (Fsp3) is 0.684. The van der Waals surface area contributed by atoms with Gasteiger partial charge in [0.1, 0.15) is 12.4 Å². The van der Waals surface area contributed by atoms with Crippen LogP contribution in [0.25, 0.3) is 0 Å². The molecule has 1 heterocycles. The standard InChI is InChI=1S/C19H30ClNO2/c1-14-11-15(2)13-21(12-14)7-8-22-9-10-23-19-6-5-18(20)16(3)17(19)4/h5-6,14-15H,7-13H2,1-4H3/t14-,15+. The average Bonchev–Trinajstić information content (AvgIpc) is 2.49. The number of nitrogens with zero attached hydrogens (tertiary/aromatic N) is 1. The fourth-order valence-corrected chi connectivity index (χ4v) is 3.60. The molecule has 2 rings (SSSR count). The maximum atomic E-state index is 6.10. The average molecular weight is 340 g/mol. The van der Waals surface area contributed by atoms with Crippen LogP contribution in [0, 0.1) is 25.7 Å². The first-order valence-electron chi connectivity index (χ1n) is 8.66. The Hall–Kier alpha value is -0.770. The van der Waals surface area contributed by atoms with Gasteiger partial charge in [-0.05, 0) is 55.4 Å². The molecule has 3 nitrogen and oxygen atoms in total. The lowest BCUT2D eigenvalue weighted by Crippen LogP contribution is -2.40. The predicted octanol–water partition coefficient (Wildman–Crippen LogP) is 4.33. The molecular weight excluding hydrogens is 310 g/mol. The van der Waals surface area contributed by atoms with Crippen molar-refractivity contribution in [2.45, 2.75) is 34.1 Å². The molecule has 0 saturated carbocycles. The Bertz CT molecular complexity index is 496. The molecule has 2 atom stereocenters. The number of hydrogen-bond acceptors (Lipinski definition) is 3. The molecule has 1 saturated heterocycles. The first kappa shape index (κ1) is 18.6. The number of rotatable bonds is 7. The zero-order valence-corrected chi connectivity index (χ0v) is 15.7. The molecule has 130 valence electrons. The van der Waals surface area contributed by atoms with Crippen molar-refractivity contribution in [3.05, 3.63) is 28.3 Å². The van der Waals surface area contributed by atoms with Crippen LogP contribution in [0.5, 0.6) is 5.75 Å². The summed E-state index contributed by atoms with van der Waals surface area (Å²) in [4.78, 5) is 2.52. The van der Waals surface area contributed by atoms with Crippen LogP contribution in [0.15, 0.2) is 12.1 Å². The Morgan fingerprint density at radius 1 is 1.04 bits per heavy atom. The topological polar surface area (TPSA) is 21.7 Å². The largest absolute Gasteiger partial charge is 0.491 e. The van der Waals surface area contributed by atoms with E-state index in [9.17, 15) is 0 Å². The van der Waals surface area contributed by atoms with Crippen LogP contribution in [0.1, 0.15) is 31.4 Å². The summed E-state index contributed by atoms with van der Waals surface area (Å²) in [6.45, 7) is 14.1. The second kappa shape index (κ2) is 8.91. The summed E-state index contributed by atoms with van der Waals surface area (Å²) in [6.07, 6.45) is 1.35. The molecule has 0 radical (unpaired) electrons. The Balaban J connectivity index is 1.62. The number of halogens is 1. The number of hydrogen-bond donors (Lipinski definition) is 0. The highest BCUT2D eigenvalue weighted by molar-refractivity contribution is 6.31. The fourth-order valence-electron chi connectivity index (χ4n) is 3.40. The molecular formula is C19H30ClNO2. The van der Waals surface area contributed by atoms with Crippen molar-refractivity contribution in [2.75, 3.05) is 39.5 Å². The lowest BCUT2D eigenvalue weighted by molar-refractivity contribution is 0.0594. The maximum Gasteiger partial charge on any atom is 0.122 e. The lowest BCUT2D eigenvalue weighted by atomic mass is 9.92. The molecule has 23 heavy (non-hydrogen) atoms. The monoisotopic (exact) mass is 339 g/mol. The van der Waals surface area contributed by atoms with Gasteiger partial charge in [-0.3, -0.25) is 0 Å². The smallest absolute Gasteiger partial charge is 0.122 e. The van der Waals surface area contributed by atoms with E-state index in [0.717, 1.165) is 46.9 Å². The number of likely N-dealkylation sites (tertiary alicyclic amines) is 1. The van der Waals surface area contributed by atoms with Crippen LogP contribution in [0.2, 0.25) is 5.02 Å². The Labute approximate surface area is 145 Å². The highest BCUT2D eigenvalue weighted by Crippen LogP contribution is 2.27. The number of piperidine rings is 1. The predicted molar refractivity (Wildman–Crippen MR) is 96.6 cm³/mol. The Kier molecular flexibility index (Phi) is 7.19. The highest BCUT2D eigenvalue weighted by Gasteiger charge is 2.21. The molecule has 0 N–H and O–H groups in total. The molecule has 0 spiro atoms. The minimum absolute atomic E-state index is 0.578. The van der Waals surface area contributed by atoms with Gasteiger partial charge >= 0.3 is 0 Å². The van der Waals surface area contributed by atoms with Crippen LogP contribution in [-0.4, -0.2) is 44.4 Å². The van der Waals surface area contributed by atoms with E-state index in [2.05, 4.69) is 18.7 Å². The number of ether oxygens (including phenoxy) is 2. The van der Waals surface area contributed by atoms with E-state index in [4.69, 9.17) is 21.1 Å². The van der Waals surface area contributed by atoms with E-state index < -0.39 is 0 Å². The minimum Gasteiger partial charge on any atom is -0.491 e. The zero-order valence-electron chi connectivity index (χ0n) is 14.9. The molecule has 0 aromatic heterocycles. The van der Waals surface area contributed by atoms with Crippen molar-refractivity contribution < 1.29 is 9.47 Å². The van der Waals surface area contributed by atoms with E-state index in [-0.39, 0.29) is 0 Å². The highest BCUT2D eigenvalue weighted by atomic mass is 35.5. The second-order valence-corrected chi connectivity index (χ2v) is 7.37. The molecule has 1 aromatic carbocycles. The van der Waals surface area contributed by atoms with Crippen molar-refractivity contribution in [3.8, 4) is 5.75 Å². The molecule has 0 unspecified atom stereocenters. The van der Waals surface area contributed by atoms with Gasteiger partial charge in [0.05, 0.1) is 13.2 Å². The lowest BCUT2D eigenvalue weighted by Gasteiger charge is -2.34. The van der Waals surface area contributed by atoms with E-state index in [1.807, 2.05) is 26.0 Å². The van der Waals surface area contributed by atoms with Crippen LogP contribution in [0.3, 0.4) is 0 Å². The van der Waals surface area contributed by atoms with Gasteiger partial charge in [-0.1, -0.05) is 25.4 Å². The summed E-state index contributed by atoms with van der Waals surface area (Å²) in [7, 11) is 0. The van der Waals surface area contributed by atoms with Crippen LogP contribution in [0.4, 0.5) is 0 Å². The second-order valence-electron chi connectivity index (χ2n) is 6.96. The first-order chi connectivity index (χ1) is 11.0. The SMILES string of the molecule is Cc1c(Cl)ccc(OCCOCCN2C[C@H](C)C[C@H](C)C2)c1C. The molecule has 0 aliphatic carbocycles. The Morgan fingerprint density at radius 3 is 2.43 bits per heavy atom. The van der Waals surface area contributed by atoms with Crippen LogP contribution in [-0.2, 0) is 4.74 Å². The third-order valence-corrected chi connectivity index (χ3v) is 5.06. The first-order valence-corrected chi connectivity index (χ1v) is 9.03. The molecule has 4 heteroatoms. The van der Waals surface area contributed by atoms with Gasteiger partial charge in [0, 0.05) is 24.7 Å². The van der Waals surface area contributed by atoms with Gasteiger partial charge in [-0.15, -0.1) is 0 Å². The summed E-state index contributed by atoms with van der Waals surface area (Å²) in [5.74, 6) is 2.51. The van der Waals surface area contributed by atoms with E-state index >= 15 is 0 Å². The van der Waals surface area contributed by atoms with Gasteiger partial charge in [-0.2, -0.15) is 0 Å². The quantitative estimate of drug-likeness (QED) is 0.690. The van der Waals surface area contributed by atoms with Crippen molar-refractivity contribution in [3.63, 3.8) is 0 Å². The third kappa shape index (κ3) is 5.66. The van der Waals surface area contributed by atoms with Gasteiger partial charge in [0.25, 0.3) is 0 Å². The van der Waals surface area contributed by atoms with Crippen molar-refractivity contribution in [1.82, 2.24) is 4.90 Å². The van der Waals surface area contributed by atoms with Gasteiger partial charge in [-0.25, -0.2) is 0 Å². The summed E-state index contributed by atoms with van der Waals surface area (Å²) in [6, 6.07) is 3.82. The molecule has 1 aliphatic rings. The molecule has 1 aromatic rings. The summed E-state index contributed by atoms with van der Waals surface area (Å²) < 4.78 is 11.5. The van der Waals surface area contributed by atoms with Crippen molar-refractivity contribution in [2.24, 2.45) is 11.8 Å². The normalized spacial score (nSPS) is 22.3. The zero-order chi connectivity index (χ0) is 16.8. The molecule has 1 fully saturated rings. The van der Waals surface area contributed by atoms with Gasteiger partial charge in [0.2, 0.25) is 0 Å². The summed E-state index contributed by atoms with van der Waals surface area (Å²) in [5, 5.41) is 0.788. The summed E-state index contributed by atoms with van der Waals surface area (Å²) in [5.41, 5.74) is 2.19. The van der Waals surface area contributed by atoms with E-state index in [1.54, 1.807) is 0 Å². The number of benzene rings is 1. The summed E-state index contributed by atoms with van der Waals surface area (Å²) >= 11 is 6.10. The van der Waals surface area contributed by atoms with Gasteiger partial charge < -0.3 is 14.4 Å². The van der Waals surface area contributed by atoms with Crippen LogP contribution >= 0.6 is 11.6 Å². The van der Waals surface area contributed by atoms with E-state index in [0.29, 0.717) is 13.2 Å². The molecule has 1 aliphatic heterocycles. The third-order valence-electron chi connectivity index (χ3n) is 4.65.